The molecule has 0 spiro atoms. The van der Waals surface area contributed by atoms with E-state index in [1.54, 1.807) is 0 Å². The highest BCUT2D eigenvalue weighted by molar-refractivity contribution is 5.94. The largest absolute Gasteiger partial charge is 0.462 e. The van der Waals surface area contributed by atoms with Crippen LogP contribution in [-0.2, 0) is 15.6 Å². The van der Waals surface area contributed by atoms with Crippen LogP contribution in [0, 0.1) is 12.7 Å². The van der Waals surface area contributed by atoms with Crippen LogP contribution in [0.3, 0.4) is 0 Å². The summed E-state index contributed by atoms with van der Waals surface area (Å²) in [5.41, 5.74) is -2.80. The minimum atomic E-state index is -5.03. The summed E-state index contributed by atoms with van der Waals surface area (Å²) in [6, 6.07) is 1.72. The van der Waals surface area contributed by atoms with Crippen molar-refractivity contribution in [3.63, 3.8) is 0 Å². The molecule has 0 saturated heterocycles. The van der Waals surface area contributed by atoms with Gasteiger partial charge in [-0.05, 0) is 26.0 Å². The minimum Gasteiger partial charge on any atom is -0.462 e. The molecule has 0 aliphatic heterocycles. The van der Waals surface area contributed by atoms with Crippen molar-refractivity contribution in [2.75, 3.05) is 13.2 Å². The Bertz CT molecular complexity index is 838. The molecule has 2 heterocycles. The van der Waals surface area contributed by atoms with Gasteiger partial charge in [0.15, 0.2) is 11.3 Å². The Morgan fingerprint density at radius 3 is 2.38 bits per heavy atom. The number of hydrogen-bond acceptors (Lipinski definition) is 5. The van der Waals surface area contributed by atoms with Gasteiger partial charge in [-0.2, -0.15) is 22.0 Å². The maximum atomic E-state index is 14.2. The highest BCUT2D eigenvalue weighted by atomic mass is 19.4. The SMILES string of the molecule is CCOC(=O)c1cc2cc(F)c(C)nc2nc1C(F)(F)OCC(F)(F)F. The van der Waals surface area contributed by atoms with Gasteiger partial charge in [0.25, 0.3) is 0 Å². The van der Waals surface area contributed by atoms with E-state index in [2.05, 4.69) is 19.4 Å². The van der Waals surface area contributed by atoms with Crippen molar-refractivity contribution in [3.8, 4) is 0 Å². The summed E-state index contributed by atoms with van der Waals surface area (Å²) in [6.45, 7) is 0.187. The van der Waals surface area contributed by atoms with Gasteiger partial charge in [-0.25, -0.2) is 19.2 Å². The Balaban J connectivity index is 2.62. The molecular weight excluding hydrogens is 370 g/mol. The van der Waals surface area contributed by atoms with E-state index in [0.29, 0.717) is 0 Å². The number of hydrogen-bond donors (Lipinski definition) is 0. The maximum absolute atomic E-state index is 14.2. The molecule has 26 heavy (non-hydrogen) atoms. The third kappa shape index (κ3) is 4.40. The number of aromatic nitrogens is 2. The van der Waals surface area contributed by atoms with E-state index >= 15 is 0 Å². The molecule has 0 radical (unpaired) electrons. The quantitative estimate of drug-likeness (QED) is 0.580. The standard InChI is InChI=1S/C15H12F6N2O3/c1-3-25-13(24)9-4-8-5-10(16)7(2)22-12(8)23-11(9)15(20,21)26-6-14(17,18)19/h4-5H,3,6H2,1-2H3. The highest BCUT2D eigenvalue weighted by Crippen LogP contribution is 2.34. The Hall–Kier alpha value is -2.43. The number of nitrogens with zero attached hydrogens (tertiary/aromatic N) is 2. The van der Waals surface area contributed by atoms with Crippen molar-refractivity contribution < 1.29 is 40.6 Å². The molecule has 2 rings (SSSR count). The smallest absolute Gasteiger partial charge is 0.412 e. The summed E-state index contributed by atoms with van der Waals surface area (Å²) in [4.78, 5) is 19.0. The molecular formula is C15H12F6N2O3. The molecule has 0 N–H and O–H groups in total. The predicted octanol–water partition coefficient (Wildman–Crippen LogP) is 3.88. The van der Waals surface area contributed by atoms with Crippen LogP contribution in [0.5, 0.6) is 0 Å². The van der Waals surface area contributed by atoms with E-state index in [0.717, 1.165) is 12.1 Å². The number of aryl methyl sites for hydroxylation is 1. The van der Waals surface area contributed by atoms with Gasteiger partial charge in [0.05, 0.1) is 17.9 Å². The average molecular weight is 382 g/mol. The molecule has 0 fully saturated rings. The van der Waals surface area contributed by atoms with E-state index in [4.69, 9.17) is 0 Å². The molecule has 0 aromatic carbocycles. The first-order chi connectivity index (χ1) is 11.9. The lowest BCUT2D eigenvalue weighted by atomic mass is 10.1. The molecule has 0 aliphatic carbocycles. The number of ether oxygens (including phenoxy) is 2. The van der Waals surface area contributed by atoms with E-state index < -0.39 is 41.9 Å². The third-order valence-corrected chi connectivity index (χ3v) is 3.12. The molecule has 2 aromatic heterocycles. The van der Waals surface area contributed by atoms with Gasteiger partial charge in [0.2, 0.25) is 0 Å². The Kier molecular flexibility index (Phi) is 5.40. The molecule has 0 atom stereocenters. The molecule has 2 aromatic rings. The molecule has 11 heteroatoms. The van der Waals surface area contributed by atoms with Crippen molar-refractivity contribution in [2.24, 2.45) is 0 Å². The minimum absolute atomic E-state index is 0.105. The van der Waals surface area contributed by atoms with E-state index in [1.807, 2.05) is 0 Å². The van der Waals surface area contributed by atoms with Gasteiger partial charge in [0.1, 0.15) is 12.4 Å². The van der Waals surface area contributed by atoms with Crippen LogP contribution in [-0.4, -0.2) is 35.3 Å². The molecule has 142 valence electrons. The lowest BCUT2D eigenvalue weighted by Crippen LogP contribution is -2.29. The first-order valence-corrected chi connectivity index (χ1v) is 7.18. The fourth-order valence-corrected chi connectivity index (χ4v) is 2.00. The maximum Gasteiger partial charge on any atom is 0.412 e. The normalized spacial score (nSPS) is 12.5. The fourth-order valence-electron chi connectivity index (χ4n) is 2.00. The lowest BCUT2D eigenvalue weighted by Gasteiger charge is -2.20. The van der Waals surface area contributed by atoms with Crippen molar-refractivity contribution in [1.82, 2.24) is 9.97 Å². The molecule has 0 saturated carbocycles. The van der Waals surface area contributed by atoms with Crippen molar-refractivity contribution >= 4 is 17.0 Å². The molecule has 0 unspecified atom stereocenters. The fraction of sp³-hybridized carbons (Fsp3) is 0.400. The van der Waals surface area contributed by atoms with E-state index in [-0.39, 0.29) is 23.3 Å². The second-order valence-electron chi connectivity index (χ2n) is 5.13. The van der Waals surface area contributed by atoms with Crippen LogP contribution in [0.15, 0.2) is 12.1 Å². The number of pyridine rings is 2. The number of carbonyl (C=O) groups is 1. The number of alkyl halides is 5. The van der Waals surface area contributed by atoms with Gasteiger partial charge in [-0.15, -0.1) is 0 Å². The number of fused-ring (bicyclic) bond motifs is 1. The molecule has 0 bridgehead atoms. The number of carbonyl (C=O) groups excluding carboxylic acids is 1. The summed E-state index contributed by atoms with van der Waals surface area (Å²) in [5, 5.41) is -0.105. The third-order valence-electron chi connectivity index (χ3n) is 3.12. The van der Waals surface area contributed by atoms with Gasteiger partial charge >= 0.3 is 18.3 Å². The van der Waals surface area contributed by atoms with E-state index in [9.17, 15) is 31.1 Å². The van der Waals surface area contributed by atoms with Crippen LogP contribution in [0.25, 0.3) is 11.0 Å². The zero-order chi connectivity index (χ0) is 19.7. The highest BCUT2D eigenvalue weighted by Gasteiger charge is 2.43. The average Bonchev–Trinajstić information content (AvgIpc) is 2.53. The first kappa shape index (κ1) is 19.9. The van der Waals surface area contributed by atoms with Crippen LogP contribution in [0.2, 0.25) is 0 Å². The van der Waals surface area contributed by atoms with Gasteiger partial charge in [-0.1, -0.05) is 0 Å². The molecule has 0 amide bonds. The number of rotatable bonds is 5. The number of halogens is 6. The van der Waals surface area contributed by atoms with Gasteiger partial charge < -0.3 is 9.47 Å². The monoisotopic (exact) mass is 382 g/mol. The summed E-state index contributed by atoms with van der Waals surface area (Å²) < 4.78 is 86.8. The second kappa shape index (κ2) is 7.06. The van der Waals surface area contributed by atoms with Crippen LogP contribution in [0.4, 0.5) is 26.3 Å². The summed E-state index contributed by atoms with van der Waals surface area (Å²) in [7, 11) is 0. The second-order valence-corrected chi connectivity index (χ2v) is 5.13. The topological polar surface area (TPSA) is 61.3 Å². The van der Waals surface area contributed by atoms with E-state index in [1.165, 1.54) is 13.8 Å². The lowest BCUT2D eigenvalue weighted by molar-refractivity contribution is -0.298. The first-order valence-electron chi connectivity index (χ1n) is 7.18. The number of esters is 1. The summed E-state index contributed by atoms with van der Waals surface area (Å²) in [5.74, 6) is -2.05. The van der Waals surface area contributed by atoms with Crippen LogP contribution >= 0.6 is 0 Å². The Labute approximate surface area is 142 Å². The Morgan fingerprint density at radius 1 is 1.15 bits per heavy atom. The molecule has 0 aliphatic rings. The van der Waals surface area contributed by atoms with Crippen molar-refractivity contribution in [1.29, 1.82) is 0 Å². The van der Waals surface area contributed by atoms with Crippen LogP contribution < -0.4 is 0 Å². The zero-order valence-corrected chi connectivity index (χ0v) is 13.5. The van der Waals surface area contributed by atoms with Crippen molar-refractivity contribution in [2.45, 2.75) is 26.1 Å². The molecule has 5 nitrogen and oxygen atoms in total. The predicted molar refractivity (Wildman–Crippen MR) is 76.1 cm³/mol. The van der Waals surface area contributed by atoms with Crippen molar-refractivity contribution in [3.05, 3.63) is 34.9 Å². The summed E-state index contributed by atoms with van der Waals surface area (Å²) in [6.07, 6.45) is -9.59. The van der Waals surface area contributed by atoms with Gasteiger partial charge in [-0.3, -0.25) is 0 Å². The van der Waals surface area contributed by atoms with Crippen LogP contribution in [0.1, 0.15) is 28.7 Å². The summed E-state index contributed by atoms with van der Waals surface area (Å²) >= 11 is 0. The Morgan fingerprint density at radius 2 is 1.81 bits per heavy atom. The zero-order valence-electron chi connectivity index (χ0n) is 13.5. The van der Waals surface area contributed by atoms with Gasteiger partial charge in [0, 0.05) is 5.39 Å².